The third-order valence-electron chi connectivity index (χ3n) is 4.89. The van der Waals surface area contributed by atoms with Crippen molar-refractivity contribution in [2.45, 2.75) is 51.3 Å². The highest BCUT2D eigenvalue weighted by molar-refractivity contribution is 5.96. The molecule has 0 radical (unpaired) electrons. The summed E-state index contributed by atoms with van der Waals surface area (Å²) in [5.41, 5.74) is -0.0165. The lowest BCUT2D eigenvalue weighted by molar-refractivity contribution is -0.190. The van der Waals surface area contributed by atoms with Crippen molar-refractivity contribution in [1.29, 1.82) is 0 Å². The van der Waals surface area contributed by atoms with Gasteiger partial charge in [-0.2, -0.15) is 13.2 Å². The molecule has 0 spiro atoms. The van der Waals surface area contributed by atoms with Crippen LogP contribution in [0.2, 0.25) is 0 Å². The predicted octanol–water partition coefficient (Wildman–Crippen LogP) is 3.74. The second-order valence-electron chi connectivity index (χ2n) is 6.79. The summed E-state index contributed by atoms with van der Waals surface area (Å²) in [5, 5.41) is 2.85. The molecule has 1 heterocycles. The predicted molar refractivity (Wildman–Crippen MR) is 90.1 cm³/mol. The average molecular weight is 374 g/mol. The molecule has 8 heteroatoms. The second kappa shape index (κ2) is 8.70. The van der Waals surface area contributed by atoms with Gasteiger partial charge < -0.3 is 14.8 Å². The number of carbonyl (C=O) groups excluding carboxylic acids is 1. The summed E-state index contributed by atoms with van der Waals surface area (Å²) in [4.78, 5) is 16.3. The van der Waals surface area contributed by atoms with Crippen LogP contribution in [0.15, 0.2) is 18.3 Å². The number of carbonyl (C=O) groups is 1. The molecule has 146 valence electrons. The molecule has 1 aromatic rings. The quantitative estimate of drug-likeness (QED) is 0.753. The number of pyridine rings is 1. The maximum absolute atomic E-state index is 12.7. The number of hydrogen-bond donors (Lipinski definition) is 1. The minimum atomic E-state index is -4.53. The molecular weight excluding hydrogens is 349 g/mol. The molecule has 1 saturated carbocycles. The highest BCUT2D eigenvalue weighted by atomic mass is 19.4. The Morgan fingerprint density at radius 3 is 2.69 bits per heavy atom. The van der Waals surface area contributed by atoms with Crippen molar-refractivity contribution in [3.63, 3.8) is 0 Å². The Hall–Kier alpha value is -1.83. The summed E-state index contributed by atoms with van der Waals surface area (Å²) in [6.45, 7) is 1.95. The van der Waals surface area contributed by atoms with Crippen LogP contribution in [0.3, 0.4) is 0 Å². The molecule has 0 aromatic carbocycles. The molecule has 26 heavy (non-hydrogen) atoms. The molecule has 1 aliphatic carbocycles. The number of amides is 1. The molecule has 0 aliphatic heterocycles. The van der Waals surface area contributed by atoms with E-state index in [0.717, 1.165) is 39.0 Å². The van der Waals surface area contributed by atoms with E-state index in [9.17, 15) is 18.0 Å². The number of alkyl halides is 3. The number of methoxy groups -OCH3 is 1. The molecule has 1 atom stereocenters. The number of nitrogens with zero attached hydrogens (tertiary/aromatic N) is 1. The van der Waals surface area contributed by atoms with E-state index in [1.54, 1.807) is 7.11 Å². The second-order valence-corrected chi connectivity index (χ2v) is 6.79. The zero-order valence-corrected chi connectivity index (χ0v) is 15.1. The molecule has 5 nitrogen and oxygen atoms in total. The third kappa shape index (κ3) is 5.33. The van der Waals surface area contributed by atoms with E-state index < -0.39 is 18.2 Å². The lowest BCUT2D eigenvalue weighted by Gasteiger charge is -2.29. The molecular formula is C18H25F3N2O3. The lowest BCUT2D eigenvalue weighted by atomic mass is 9.83. The molecule has 1 amide bonds. The van der Waals surface area contributed by atoms with Crippen LogP contribution in [0.25, 0.3) is 0 Å². The van der Waals surface area contributed by atoms with Crippen molar-refractivity contribution in [1.82, 2.24) is 10.3 Å². The average Bonchev–Trinajstić information content (AvgIpc) is 3.07. The highest BCUT2D eigenvalue weighted by Gasteiger charge is 2.39. The van der Waals surface area contributed by atoms with Gasteiger partial charge in [0.1, 0.15) is 5.56 Å². The molecule has 0 saturated heterocycles. The van der Waals surface area contributed by atoms with Crippen molar-refractivity contribution in [2.24, 2.45) is 5.41 Å². The van der Waals surface area contributed by atoms with E-state index in [2.05, 4.69) is 10.3 Å². The van der Waals surface area contributed by atoms with Gasteiger partial charge in [0, 0.05) is 26.5 Å². The summed E-state index contributed by atoms with van der Waals surface area (Å²) in [7, 11) is 1.64. The first-order valence-electron chi connectivity index (χ1n) is 8.73. The van der Waals surface area contributed by atoms with Gasteiger partial charge in [0.25, 0.3) is 5.91 Å². The molecule has 1 N–H and O–H groups in total. The highest BCUT2D eigenvalue weighted by Crippen LogP contribution is 2.40. The zero-order chi connectivity index (χ0) is 19.2. The van der Waals surface area contributed by atoms with Crippen molar-refractivity contribution in [2.75, 3.05) is 20.3 Å². The molecule has 1 fully saturated rings. The van der Waals surface area contributed by atoms with Crippen LogP contribution in [0.4, 0.5) is 13.2 Å². The minimum absolute atomic E-state index is 0.00323. The largest absolute Gasteiger partial charge is 0.464 e. The summed E-state index contributed by atoms with van der Waals surface area (Å²) >= 11 is 0. The summed E-state index contributed by atoms with van der Waals surface area (Å²) in [6.07, 6.45) is -0.243. The van der Waals surface area contributed by atoms with E-state index in [4.69, 9.17) is 9.47 Å². The van der Waals surface area contributed by atoms with Gasteiger partial charge in [0.05, 0.1) is 0 Å². The smallest absolute Gasteiger partial charge is 0.425 e. The van der Waals surface area contributed by atoms with Crippen LogP contribution in [-0.2, 0) is 4.74 Å². The van der Waals surface area contributed by atoms with Gasteiger partial charge >= 0.3 is 6.18 Å². The minimum Gasteiger partial charge on any atom is -0.464 e. The standard InChI is InChI=1S/C18H25F3N2O3/c1-13(18(19,20)21)26-16-14(6-5-10-22-16)15(24)23-12-17(9-11-25-2)7-3-4-8-17/h5-6,10,13H,3-4,7-9,11-12H2,1-2H3,(H,23,24)/t13-/m0/s1. The fourth-order valence-corrected chi connectivity index (χ4v) is 3.21. The van der Waals surface area contributed by atoms with Crippen molar-refractivity contribution in [3.8, 4) is 5.88 Å². The Morgan fingerprint density at radius 2 is 2.08 bits per heavy atom. The topological polar surface area (TPSA) is 60.5 Å². The Bertz CT molecular complexity index is 602. The van der Waals surface area contributed by atoms with Gasteiger partial charge in [-0.05, 0) is 43.7 Å². The van der Waals surface area contributed by atoms with Gasteiger partial charge in [-0.25, -0.2) is 4.98 Å². The molecule has 1 aromatic heterocycles. The summed E-state index contributed by atoms with van der Waals surface area (Å²) in [5.74, 6) is -0.793. The van der Waals surface area contributed by atoms with Crippen LogP contribution in [0.5, 0.6) is 5.88 Å². The number of aromatic nitrogens is 1. The van der Waals surface area contributed by atoms with Crippen molar-refractivity contribution >= 4 is 5.91 Å². The maximum atomic E-state index is 12.7. The van der Waals surface area contributed by atoms with Crippen LogP contribution >= 0.6 is 0 Å². The van der Waals surface area contributed by atoms with Crippen LogP contribution in [0, 0.1) is 5.41 Å². The number of halogens is 3. The monoisotopic (exact) mass is 374 g/mol. The Balaban J connectivity index is 2.05. The van der Waals surface area contributed by atoms with Crippen molar-refractivity contribution < 1.29 is 27.4 Å². The van der Waals surface area contributed by atoms with Crippen LogP contribution in [-0.4, -0.2) is 43.4 Å². The fraction of sp³-hybridized carbons (Fsp3) is 0.667. The van der Waals surface area contributed by atoms with E-state index in [1.165, 1.54) is 18.3 Å². The summed E-state index contributed by atoms with van der Waals surface area (Å²) in [6, 6.07) is 2.91. The van der Waals surface area contributed by atoms with Crippen LogP contribution in [0.1, 0.15) is 49.4 Å². The maximum Gasteiger partial charge on any atom is 0.425 e. The van der Waals surface area contributed by atoms with Gasteiger partial charge in [-0.15, -0.1) is 0 Å². The van der Waals surface area contributed by atoms with Crippen molar-refractivity contribution in [3.05, 3.63) is 23.9 Å². The number of ether oxygens (including phenoxy) is 2. The van der Waals surface area contributed by atoms with E-state index in [1.807, 2.05) is 0 Å². The Morgan fingerprint density at radius 1 is 1.38 bits per heavy atom. The molecule has 1 aliphatic rings. The van der Waals surface area contributed by atoms with E-state index in [-0.39, 0.29) is 16.9 Å². The Kier molecular flexibility index (Phi) is 6.86. The molecule has 2 rings (SSSR count). The first kappa shape index (κ1) is 20.5. The number of rotatable bonds is 8. The summed E-state index contributed by atoms with van der Waals surface area (Å²) < 4.78 is 48.2. The molecule has 0 unspecified atom stereocenters. The first-order chi connectivity index (χ1) is 12.3. The fourth-order valence-electron chi connectivity index (χ4n) is 3.21. The van der Waals surface area contributed by atoms with Gasteiger partial charge in [0.2, 0.25) is 5.88 Å². The zero-order valence-electron chi connectivity index (χ0n) is 15.1. The first-order valence-corrected chi connectivity index (χ1v) is 8.73. The third-order valence-corrected chi connectivity index (χ3v) is 4.89. The molecule has 0 bridgehead atoms. The van der Waals surface area contributed by atoms with Gasteiger partial charge in [-0.3, -0.25) is 4.79 Å². The van der Waals surface area contributed by atoms with Crippen LogP contribution < -0.4 is 10.1 Å². The van der Waals surface area contributed by atoms with Gasteiger partial charge in [0.15, 0.2) is 6.10 Å². The van der Waals surface area contributed by atoms with E-state index in [0.29, 0.717) is 13.2 Å². The number of nitrogens with one attached hydrogen (secondary N) is 1. The normalized spacial score (nSPS) is 17.7. The number of hydrogen-bond acceptors (Lipinski definition) is 4. The SMILES string of the molecule is COCCC1(CNC(=O)c2cccnc2O[C@@H](C)C(F)(F)F)CCCC1. The van der Waals surface area contributed by atoms with Gasteiger partial charge in [-0.1, -0.05) is 12.8 Å². The lowest BCUT2D eigenvalue weighted by Crippen LogP contribution is -2.37. The van der Waals surface area contributed by atoms with E-state index >= 15 is 0 Å². The Labute approximate surface area is 151 Å².